The van der Waals surface area contributed by atoms with Crippen molar-refractivity contribution in [2.75, 3.05) is 26.3 Å². The Morgan fingerprint density at radius 2 is 2.16 bits per heavy atom. The fourth-order valence-corrected chi connectivity index (χ4v) is 4.29. The molecule has 1 aromatic rings. The van der Waals surface area contributed by atoms with Crippen LogP contribution in [-0.2, 0) is 27.8 Å². The van der Waals surface area contributed by atoms with E-state index in [1.165, 1.54) is 0 Å². The van der Waals surface area contributed by atoms with Gasteiger partial charge in [-0.1, -0.05) is 6.92 Å². The highest BCUT2D eigenvalue weighted by Crippen LogP contribution is 2.43. The number of carbonyl (C=O) groups is 2. The number of aliphatic carboxylic acids is 1. The Morgan fingerprint density at radius 1 is 1.44 bits per heavy atom. The molecule has 2 aliphatic heterocycles. The number of hydrogen-bond acceptors (Lipinski definition) is 4. The highest BCUT2D eigenvalue weighted by atomic mass is 16.5. The van der Waals surface area contributed by atoms with Crippen molar-refractivity contribution in [2.24, 2.45) is 24.3 Å². The second-order valence-electron chi connectivity index (χ2n) is 7.58. The first-order valence-electron chi connectivity index (χ1n) is 8.85. The first kappa shape index (κ1) is 17.9. The number of carbonyl (C=O) groups excluding carboxylic acids is 1. The molecule has 0 aromatic carbocycles. The van der Waals surface area contributed by atoms with Gasteiger partial charge in [-0.25, -0.2) is 0 Å². The molecule has 1 unspecified atom stereocenters. The smallest absolute Gasteiger partial charge is 0.311 e. The fourth-order valence-electron chi connectivity index (χ4n) is 4.29. The number of fused-ring (bicyclic) bond motifs is 1. The first-order valence-corrected chi connectivity index (χ1v) is 8.85. The standard InChI is InChI=1S/C18H27N3O4/c1-11(7-15-12(2)19-20(4)13(15)3)16(22)21-8-14-9-25-6-5-18(14,10-21)17(23)24/h11,14H,5-10H2,1-4H3,(H,23,24)/t11?,14-,18+/m0/s1. The van der Waals surface area contributed by atoms with E-state index in [1.54, 1.807) is 4.90 Å². The van der Waals surface area contributed by atoms with Crippen LogP contribution >= 0.6 is 0 Å². The summed E-state index contributed by atoms with van der Waals surface area (Å²) in [5, 5.41) is 14.2. The van der Waals surface area contributed by atoms with E-state index >= 15 is 0 Å². The number of ether oxygens (including phenoxy) is 1. The van der Waals surface area contributed by atoms with Gasteiger partial charge >= 0.3 is 5.97 Å². The van der Waals surface area contributed by atoms with Crippen LogP contribution in [0.4, 0.5) is 0 Å². The average molecular weight is 349 g/mol. The Hall–Kier alpha value is -1.89. The maximum Gasteiger partial charge on any atom is 0.311 e. The van der Waals surface area contributed by atoms with Gasteiger partial charge in [0.1, 0.15) is 0 Å². The SMILES string of the molecule is Cc1nn(C)c(C)c1CC(C)C(=O)N1C[C@H]2COCC[C@@]2(C(=O)O)C1. The number of aromatic nitrogens is 2. The number of aryl methyl sites for hydroxylation is 2. The van der Waals surface area contributed by atoms with Crippen molar-refractivity contribution in [3.05, 3.63) is 17.0 Å². The van der Waals surface area contributed by atoms with Crippen LogP contribution in [0.25, 0.3) is 0 Å². The summed E-state index contributed by atoms with van der Waals surface area (Å²) in [5.41, 5.74) is 2.29. The minimum atomic E-state index is -0.840. The van der Waals surface area contributed by atoms with Gasteiger partial charge in [-0.3, -0.25) is 14.3 Å². The summed E-state index contributed by atoms with van der Waals surface area (Å²) in [6.07, 6.45) is 1.11. The number of hydrogen-bond donors (Lipinski definition) is 1. The normalized spacial score (nSPS) is 27.2. The second kappa shape index (κ2) is 6.44. The van der Waals surface area contributed by atoms with Crippen molar-refractivity contribution in [1.29, 1.82) is 0 Å². The van der Waals surface area contributed by atoms with Crippen LogP contribution < -0.4 is 0 Å². The van der Waals surface area contributed by atoms with Crippen LogP contribution in [0.1, 0.15) is 30.3 Å². The molecule has 0 aliphatic carbocycles. The number of amides is 1. The first-order chi connectivity index (χ1) is 11.8. The third-order valence-electron chi connectivity index (χ3n) is 6.04. The molecule has 138 valence electrons. The number of carboxylic acid groups (broad SMARTS) is 1. The summed E-state index contributed by atoms with van der Waals surface area (Å²) < 4.78 is 7.30. The van der Waals surface area contributed by atoms with Crippen LogP contribution in [0, 0.1) is 31.1 Å². The predicted octanol–water partition coefficient (Wildman–Crippen LogP) is 1.17. The van der Waals surface area contributed by atoms with Crippen molar-refractivity contribution >= 4 is 11.9 Å². The molecule has 2 aliphatic rings. The lowest BCUT2D eigenvalue weighted by Crippen LogP contribution is -2.45. The Kier molecular flexibility index (Phi) is 4.62. The third kappa shape index (κ3) is 2.94. The molecule has 3 rings (SSSR count). The van der Waals surface area contributed by atoms with Gasteiger partial charge in [0.2, 0.25) is 5.91 Å². The fraction of sp³-hybridized carbons (Fsp3) is 0.722. The van der Waals surface area contributed by atoms with Gasteiger partial charge in [0.25, 0.3) is 0 Å². The van der Waals surface area contributed by atoms with E-state index in [4.69, 9.17) is 4.74 Å². The average Bonchev–Trinajstić information content (AvgIpc) is 3.08. The molecule has 0 spiro atoms. The highest BCUT2D eigenvalue weighted by molar-refractivity contribution is 5.82. The largest absolute Gasteiger partial charge is 0.481 e. The molecule has 2 fully saturated rings. The predicted molar refractivity (Wildman–Crippen MR) is 91.1 cm³/mol. The molecule has 0 radical (unpaired) electrons. The molecule has 7 heteroatoms. The zero-order chi connectivity index (χ0) is 18.4. The molecule has 1 amide bonds. The van der Waals surface area contributed by atoms with Crippen molar-refractivity contribution < 1.29 is 19.4 Å². The Bertz CT molecular complexity index is 699. The van der Waals surface area contributed by atoms with Gasteiger partial charge in [-0.2, -0.15) is 5.10 Å². The molecule has 0 bridgehead atoms. The summed E-state index contributed by atoms with van der Waals surface area (Å²) in [5.74, 6) is -1.09. The number of rotatable bonds is 4. The number of carboxylic acids is 1. The van der Waals surface area contributed by atoms with Gasteiger partial charge in [0.15, 0.2) is 0 Å². The summed E-state index contributed by atoms with van der Waals surface area (Å²) in [6, 6.07) is 0. The summed E-state index contributed by atoms with van der Waals surface area (Å²) in [6.45, 7) is 7.53. The van der Waals surface area contributed by atoms with E-state index in [0.29, 0.717) is 39.1 Å². The monoisotopic (exact) mass is 349 g/mol. The summed E-state index contributed by atoms with van der Waals surface area (Å²) in [7, 11) is 1.90. The zero-order valence-corrected chi connectivity index (χ0v) is 15.4. The van der Waals surface area contributed by atoms with Crippen molar-refractivity contribution in [3.8, 4) is 0 Å². The summed E-state index contributed by atoms with van der Waals surface area (Å²) >= 11 is 0. The van der Waals surface area contributed by atoms with Gasteiger partial charge in [-0.05, 0) is 32.3 Å². The Balaban J connectivity index is 1.74. The highest BCUT2D eigenvalue weighted by Gasteiger charge is 2.55. The van der Waals surface area contributed by atoms with Crippen LogP contribution in [-0.4, -0.2) is 58.0 Å². The van der Waals surface area contributed by atoms with E-state index in [-0.39, 0.29) is 17.7 Å². The van der Waals surface area contributed by atoms with Crippen LogP contribution in [0.15, 0.2) is 0 Å². The molecule has 25 heavy (non-hydrogen) atoms. The van der Waals surface area contributed by atoms with Crippen LogP contribution in [0.3, 0.4) is 0 Å². The maximum atomic E-state index is 13.0. The third-order valence-corrected chi connectivity index (χ3v) is 6.04. The molecule has 1 aromatic heterocycles. The minimum absolute atomic E-state index is 0.0256. The molecule has 3 heterocycles. The van der Waals surface area contributed by atoms with Crippen LogP contribution in [0.5, 0.6) is 0 Å². The second-order valence-corrected chi connectivity index (χ2v) is 7.58. The Morgan fingerprint density at radius 3 is 2.72 bits per heavy atom. The van der Waals surface area contributed by atoms with E-state index in [9.17, 15) is 14.7 Å². The minimum Gasteiger partial charge on any atom is -0.481 e. The molecule has 1 N–H and O–H groups in total. The zero-order valence-electron chi connectivity index (χ0n) is 15.4. The topological polar surface area (TPSA) is 84.7 Å². The molecule has 7 nitrogen and oxygen atoms in total. The maximum absolute atomic E-state index is 13.0. The molecule has 0 saturated carbocycles. The van der Waals surface area contributed by atoms with Crippen LogP contribution in [0.2, 0.25) is 0 Å². The molecule has 3 atom stereocenters. The lowest BCUT2D eigenvalue weighted by Gasteiger charge is -2.33. The van der Waals surface area contributed by atoms with E-state index in [0.717, 1.165) is 17.0 Å². The van der Waals surface area contributed by atoms with E-state index in [1.807, 2.05) is 32.5 Å². The van der Waals surface area contributed by atoms with Crippen molar-refractivity contribution in [1.82, 2.24) is 14.7 Å². The van der Waals surface area contributed by atoms with Gasteiger partial charge in [0, 0.05) is 44.3 Å². The molecular weight excluding hydrogens is 322 g/mol. The quantitative estimate of drug-likeness (QED) is 0.882. The van der Waals surface area contributed by atoms with Crippen molar-refractivity contribution in [2.45, 2.75) is 33.6 Å². The van der Waals surface area contributed by atoms with Gasteiger partial charge in [0.05, 0.1) is 17.7 Å². The van der Waals surface area contributed by atoms with E-state index in [2.05, 4.69) is 5.10 Å². The van der Waals surface area contributed by atoms with Crippen molar-refractivity contribution in [3.63, 3.8) is 0 Å². The number of nitrogens with zero attached hydrogens (tertiary/aromatic N) is 3. The van der Waals surface area contributed by atoms with E-state index < -0.39 is 11.4 Å². The van der Waals surface area contributed by atoms with Gasteiger partial charge in [-0.15, -0.1) is 0 Å². The number of likely N-dealkylation sites (tertiary alicyclic amines) is 1. The molecular formula is C18H27N3O4. The van der Waals surface area contributed by atoms with Gasteiger partial charge < -0.3 is 14.7 Å². The lowest BCUT2D eigenvalue weighted by molar-refractivity contribution is -0.157. The Labute approximate surface area is 147 Å². The summed E-state index contributed by atoms with van der Waals surface area (Å²) in [4.78, 5) is 26.6. The lowest BCUT2D eigenvalue weighted by atomic mass is 9.74. The molecule has 2 saturated heterocycles.